The van der Waals surface area contributed by atoms with Crippen molar-refractivity contribution in [3.63, 3.8) is 0 Å². The van der Waals surface area contributed by atoms with Crippen LogP contribution in [-0.2, 0) is 6.54 Å². The molecule has 0 aliphatic carbocycles. The van der Waals surface area contributed by atoms with Crippen LogP contribution in [0, 0.1) is 3.57 Å². The van der Waals surface area contributed by atoms with Gasteiger partial charge in [-0.3, -0.25) is 0 Å². The van der Waals surface area contributed by atoms with E-state index in [1.165, 1.54) is 0 Å². The number of benzene rings is 2. The molecule has 134 valence electrons. The van der Waals surface area contributed by atoms with Crippen LogP contribution >= 0.6 is 22.6 Å². The Labute approximate surface area is 160 Å². The monoisotopic (exact) mass is 456 g/mol. The number of hydrazone groups is 1. The van der Waals surface area contributed by atoms with Crippen molar-refractivity contribution < 1.29 is 19.3 Å². The molecule has 2 aromatic carbocycles. The number of methoxy groups -OCH3 is 2. The van der Waals surface area contributed by atoms with Gasteiger partial charge in [-0.05, 0) is 64.9 Å². The fourth-order valence-corrected chi connectivity index (χ4v) is 2.81. The first-order valence-corrected chi connectivity index (χ1v) is 8.79. The first-order chi connectivity index (χ1) is 12.1. The minimum Gasteiger partial charge on any atom is -0.504 e. The lowest BCUT2D eigenvalue weighted by molar-refractivity contribution is 0.317. The van der Waals surface area contributed by atoms with Crippen LogP contribution in [0.1, 0.15) is 18.1 Å². The quantitative estimate of drug-likeness (QED) is 0.361. The Balaban J connectivity index is 2.02. The van der Waals surface area contributed by atoms with Crippen molar-refractivity contribution in [2.24, 2.45) is 5.10 Å². The number of phenols is 1. The molecule has 0 atom stereocenters. The van der Waals surface area contributed by atoms with Gasteiger partial charge in [-0.15, -0.1) is 0 Å². The molecule has 0 amide bonds. The van der Waals surface area contributed by atoms with E-state index in [0.29, 0.717) is 34.0 Å². The third-order valence-electron chi connectivity index (χ3n) is 3.39. The maximum atomic E-state index is 9.95. The van der Waals surface area contributed by atoms with Crippen LogP contribution in [0.2, 0.25) is 0 Å². The number of phenolic OH excluding ortho intramolecular Hbond substituents is 1. The zero-order chi connectivity index (χ0) is 18.2. The van der Waals surface area contributed by atoms with Gasteiger partial charge in [-0.25, -0.2) is 0 Å². The molecule has 2 aromatic rings. The second-order valence-electron chi connectivity index (χ2n) is 5.06. The lowest BCUT2D eigenvalue weighted by Crippen LogP contribution is -2.06. The van der Waals surface area contributed by atoms with Gasteiger partial charge >= 0.3 is 0 Å². The van der Waals surface area contributed by atoms with Gasteiger partial charge in [-0.2, -0.15) is 5.10 Å². The van der Waals surface area contributed by atoms with Crippen LogP contribution in [0.3, 0.4) is 0 Å². The number of nitrogens with one attached hydrogen (secondary N) is 1. The number of ether oxygens (including phenoxy) is 3. The minimum absolute atomic E-state index is 0.151. The molecule has 0 spiro atoms. The molecule has 25 heavy (non-hydrogen) atoms. The van der Waals surface area contributed by atoms with Crippen molar-refractivity contribution >= 4 is 28.8 Å². The lowest BCUT2D eigenvalue weighted by Gasteiger charge is -2.09. The first kappa shape index (κ1) is 19.2. The molecule has 0 unspecified atom stereocenters. The largest absolute Gasteiger partial charge is 0.504 e. The van der Waals surface area contributed by atoms with Crippen LogP contribution < -0.4 is 19.6 Å². The van der Waals surface area contributed by atoms with E-state index in [0.717, 1.165) is 11.1 Å². The molecule has 6 nitrogen and oxygen atoms in total. The van der Waals surface area contributed by atoms with E-state index in [1.807, 2.05) is 31.2 Å². The average molecular weight is 456 g/mol. The molecule has 0 heterocycles. The summed E-state index contributed by atoms with van der Waals surface area (Å²) in [6.07, 6.45) is 1.69. The van der Waals surface area contributed by atoms with Crippen molar-refractivity contribution in [2.45, 2.75) is 13.5 Å². The summed E-state index contributed by atoms with van der Waals surface area (Å²) < 4.78 is 16.6. The Morgan fingerprint density at radius 1 is 1.12 bits per heavy atom. The molecule has 7 heteroatoms. The Morgan fingerprint density at radius 3 is 2.56 bits per heavy atom. The maximum absolute atomic E-state index is 9.95. The van der Waals surface area contributed by atoms with E-state index in [4.69, 9.17) is 14.2 Å². The second-order valence-corrected chi connectivity index (χ2v) is 6.23. The molecule has 0 radical (unpaired) electrons. The maximum Gasteiger partial charge on any atom is 0.171 e. The highest BCUT2D eigenvalue weighted by molar-refractivity contribution is 14.1. The van der Waals surface area contributed by atoms with Crippen LogP contribution in [0.25, 0.3) is 0 Å². The minimum atomic E-state index is 0.151. The van der Waals surface area contributed by atoms with Crippen molar-refractivity contribution in [1.82, 2.24) is 5.43 Å². The number of nitrogens with zero attached hydrogens (tertiary/aromatic N) is 1. The fraction of sp³-hybridized carbons (Fsp3) is 0.278. The molecule has 0 saturated carbocycles. The third kappa shape index (κ3) is 5.15. The fourth-order valence-electron chi connectivity index (χ4n) is 2.18. The molecule has 0 fully saturated rings. The van der Waals surface area contributed by atoms with E-state index in [9.17, 15) is 5.11 Å². The molecule has 0 aliphatic rings. The third-order valence-corrected chi connectivity index (χ3v) is 4.21. The standard InChI is InChI=1S/C18H21IN2O4/c1-4-25-17-9-13(7-14(19)18(17)22)11-21-20-10-12-5-6-15(23-2)16(8-12)24-3/h5-9,11,20,22H,4,10H2,1-3H3/b21-11+. The predicted octanol–water partition coefficient (Wildman–Crippen LogP) is 3.54. The van der Waals surface area contributed by atoms with Crippen molar-refractivity contribution in [2.75, 3.05) is 20.8 Å². The SMILES string of the molecule is CCOc1cc(/C=N/NCc2ccc(OC)c(OC)c2)cc(I)c1O. The summed E-state index contributed by atoms with van der Waals surface area (Å²) in [7, 11) is 3.21. The summed E-state index contributed by atoms with van der Waals surface area (Å²) >= 11 is 2.06. The van der Waals surface area contributed by atoms with Gasteiger partial charge in [-0.1, -0.05) is 6.07 Å². The van der Waals surface area contributed by atoms with Crippen LogP contribution in [0.5, 0.6) is 23.0 Å². The van der Waals surface area contributed by atoms with Crippen LogP contribution in [0.4, 0.5) is 0 Å². The molecule has 0 bridgehead atoms. The van der Waals surface area contributed by atoms with Gasteiger partial charge in [0.15, 0.2) is 23.0 Å². The highest BCUT2D eigenvalue weighted by Crippen LogP contribution is 2.32. The number of hydrogen-bond acceptors (Lipinski definition) is 6. The normalized spacial score (nSPS) is 10.7. The number of rotatable bonds is 8. The number of aromatic hydroxyl groups is 1. The lowest BCUT2D eigenvalue weighted by atomic mass is 10.2. The summed E-state index contributed by atoms with van der Waals surface area (Å²) in [5.74, 6) is 1.98. The Bertz CT molecular complexity index is 750. The molecule has 0 aromatic heterocycles. The van der Waals surface area contributed by atoms with Gasteiger partial charge in [0.1, 0.15) is 0 Å². The molecule has 0 saturated heterocycles. The summed E-state index contributed by atoms with van der Waals surface area (Å²) in [5.41, 5.74) is 4.85. The summed E-state index contributed by atoms with van der Waals surface area (Å²) in [6, 6.07) is 9.29. The average Bonchev–Trinajstić information content (AvgIpc) is 2.62. The molecular weight excluding hydrogens is 435 g/mol. The second kappa shape index (κ2) is 9.36. The Kier molecular flexibility index (Phi) is 7.17. The highest BCUT2D eigenvalue weighted by atomic mass is 127. The Morgan fingerprint density at radius 2 is 1.88 bits per heavy atom. The summed E-state index contributed by atoms with van der Waals surface area (Å²) in [6.45, 7) is 2.91. The molecule has 0 aliphatic heterocycles. The van der Waals surface area contributed by atoms with Gasteiger partial charge in [0.25, 0.3) is 0 Å². The number of hydrogen-bond donors (Lipinski definition) is 2. The topological polar surface area (TPSA) is 72.3 Å². The summed E-state index contributed by atoms with van der Waals surface area (Å²) in [4.78, 5) is 0. The predicted molar refractivity (Wildman–Crippen MR) is 106 cm³/mol. The number of halogens is 1. The summed E-state index contributed by atoms with van der Waals surface area (Å²) in [5, 5.41) is 14.2. The van der Waals surface area contributed by atoms with Gasteiger partial charge in [0.05, 0.1) is 37.2 Å². The van der Waals surface area contributed by atoms with Crippen molar-refractivity contribution in [3.05, 3.63) is 45.0 Å². The van der Waals surface area contributed by atoms with Crippen LogP contribution in [0.15, 0.2) is 35.4 Å². The van der Waals surface area contributed by atoms with E-state index >= 15 is 0 Å². The van der Waals surface area contributed by atoms with Crippen molar-refractivity contribution in [1.29, 1.82) is 0 Å². The highest BCUT2D eigenvalue weighted by Gasteiger charge is 2.08. The van der Waals surface area contributed by atoms with Gasteiger partial charge < -0.3 is 24.7 Å². The van der Waals surface area contributed by atoms with Crippen molar-refractivity contribution in [3.8, 4) is 23.0 Å². The van der Waals surface area contributed by atoms with E-state index in [-0.39, 0.29) is 5.75 Å². The zero-order valence-corrected chi connectivity index (χ0v) is 16.5. The van der Waals surface area contributed by atoms with E-state index < -0.39 is 0 Å². The molecule has 2 rings (SSSR count). The first-order valence-electron chi connectivity index (χ1n) is 7.71. The molecular formula is C18H21IN2O4. The van der Waals surface area contributed by atoms with Crippen LogP contribution in [-0.4, -0.2) is 32.1 Å². The molecule has 2 N–H and O–H groups in total. The Hall–Kier alpha value is -2.16. The van der Waals surface area contributed by atoms with Gasteiger partial charge in [0.2, 0.25) is 0 Å². The zero-order valence-electron chi connectivity index (χ0n) is 14.4. The smallest absolute Gasteiger partial charge is 0.171 e. The van der Waals surface area contributed by atoms with Gasteiger partial charge in [0, 0.05) is 0 Å². The van der Waals surface area contributed by atoms with E-state index in [2.05, 4.69) is 33.1 Å². The van der Waals surface area contributed by atoms with E-state index in [1.54, 1.807) is 26.5 Å².